The van der Waals surface area contributed by atoms with Crippen molar-refractivity contribution in [2.45, 2.75) is 6.54 Å². The molecule has 0 unspecified atom stereocenters. The van der Waals surface area contributed by atoms with Crippen LogP contribution in [0, 0.1) is 4.77 Å². The van der Waals surface area contributed by atoms with Crippen molar-refractivity contribution in [1.29, 1.82) is 0 Å². The summed E-state index contributed by atoms with van der Waals surface area (Å²) >= 11 is 11.6. The van der Waals surface area contributed by atoms with E-state index in [0.717, 1.165) is 11.1 Å². The number of aromatic nitrogens is 4. The summed E-state index contributed by atoms with van der Waals surface area (Å²) in [5.74, 6) is 0.647. The van der Waals surface area contributed by atoms with Crippen LogP contribution in [0.3, 0.4) is 0 Å². The van der Waals surface area contributed by atoms with E-state index in [1.165, 1.54) is 7.11 Å². The average molecular weight is 421 g/mol. The van der Waals surface area contributed by atoms with Crippen molar-refractivity contribution in [3.8, 4) is 22.9 Å². The summed E-state index contributed by atoms with van der Waals surface area (Å²) < 4.78 is 12.7. The normalized spacial score (nSPS) is 10.5. The molecule has 0 bridgehead atoms. The zero-order valence-corrected chi connectivity index (χ0v) is 16.4. The van der Waals surface area contributed by atoms with Gasteiger partial charge >= 0.3 is 0 Å². The van der Waals surface area contributed by atoms with Gasteiger partial charge in [-0.05, 0) is 42.0 Å². The van der Waals surface area contributed by atoms with Crippen molar-refractivity contribution in [1.82, 2.24) is 19.9 Å². The van der Waals surface area contributed by atoms with Crippen LogP contribution >= 0.6 is 23.8 Å². The lowest BCUT2D eigenvalue weighted by Crippen LogP contribution is -2.20. The first-order valence-corrected chi connectivity index (χ1v) is 8.87. The van der Waals surface area contributed by atoms with Crippen LogP contribution in [0.1, 0.15) is 5.56 Å². The third kappa shape index (κ3) is 4.41. The number of aromatic amines is 1. The Kier molecular flexibility index (Phi) is 6.12. The van der Waals surface area contributed by atoms with Crippen LogP contribution in [0.15, 0.2) is 36.7 Å². The molecule has 0 saturated carbocycles. The summed E-state index contributed by atoms with van der Waals surface area (Å²) in [5, 5.41) is 7.30. The van der Waals surface area contributed by atoms with Crippen molar-refractivity contribution in [3.63, 3.8) is 0 Å². The fourth-order valence-corrected chi connectivity index (χ4v) is 2.95. The second kappa shape index (κ2) is 8.72. The number of ether oxygens (including phenoxy) is 2. The molecule has 146 valence electrons. The number of benzene rings is 1. The quantitative estimate of drug-likeness (QED) is 0.478. The van der Waals surface area contributed by atoms with E-state index in [4.69, 9.17) is 39.0 Å². The summed E-state index contributed by atoms with van der Waals surface area (Å²) in [4.78, 5) is 14.9. The number of amides is 1. The number of H-pyrrole nitrogens is 1. The van der Waals surface area contributed by atoms with Crippen molar-refractivity contribution in [2.24, 2.45) is 5.73 Å². The summed E-state index contributed by atoms with van der Waals surface area (Å²) in [6, 6.07) is 7.09. The highest BCUT2D eigenvalue weighted by molar-refractivity contribution is 7.71. The lowest BCUT2D eigenvalue weighted by atomic mass is 10.2. The first-order valence-electron chi connectivity index (χ1n) is 8.08. The number of methoxy groups -OCH3 is 1. The molecule has 0 atom stereocenters. The Hall–Kier alpha value is -3.11. The van der Waals surface area contributed by atoms with E-state index in [-0.39, 0.29) is 12.4 Å². The van der Waals surface area contributed by atoms with Crippen LogP contribution in [0.25, 0.3) is 11.4 Å². The first-order chi connectivity index (χ1) is 13.5. The molecule has 4 N–H and O–H groups in total. The molecular weight excluding hydrogens is 404 g/mol. The van der Waals surface area contributed by atoms with Crippen LogP contribution in [0.4, 0.5) is 0 Å². The fraction of sp³-hybridized carbons (Fsp3) is 0.176. The van der Waals surface area contributed by atoms with E-state index in [9.17, 15) is 4.79 Å². The number of nitrogens with two attached hydrogens (primary N) is 1. The molecule has 11 heteroatoms. The van der Waals surface area contributed by atoms with Crippen LogP contribution in [-0.2, 0) is 11.3 Å². The third-order valence-corrected chi connectivity index (χ3v) is 4.25. The molecule has 0 aliphatic rings. The molecule has 1 aromatic carbocycles. The second-order valence-electron chi connectivity index (χ2n) is 5.62. The van der Waals surface area contributed by atoms with Gasteiger partial charge in [0.25, 0.3) is 5.91 Å². The van der Waals surface area contributed by atoms with Gasteiger partial charge in [0.2, 0.25) is 4.77 Å². The molecule has 0 radical (unpaired) electrons. The van der Waals surface area contributed by atoms with Crippen LogP contribution in [-0.4, -0.2) is 39.5 Å². The van der Waals surface area contributed by atoms with Gasteiger partial charge in [0.1, 0.15) is 0 Å². The number of rotatable bonds is 8. The topological polar surface area (TPSA) is 120 Å². The van der Waals surface area contributed by atoms with Gasteiger partial charge in [0.15, 0.2) is 23.9 Å². The van der Waals surface area contributed by atoms with E-state index in [2.05, 4.69) is 20.6 Å². The largest absolute Gasteiger partial charge is 0.493 e. The number of pyridine rings is 1. The summed E-state index contributed by atoms with van der Waals surface area (Å²) in [5.41, 5.74) is 9.95. The maximum absolute atomic E-state index is 10.9. The van der Waals surface area contributed by atoms with E-state index < -0.39 is 5.91 Å². The number of nitrogens with zero attached hydrogens (tertiary/aromatic N) is 3. The molecule has 9 nitrogen and oxygen atoms in total. The first kappa shape index (κ1) is 19.6. The number of primary amides is 1. The van der Waals surface area contributed by atoms with E-state index in [0.29, 0.717) is 27.9 Å². The lowest BCUT2D eigenvalue weighted by molar-refractivity contribution is -0.119. The second-order valence-corrected chi connectivity index (χ2v) is 6.42. The Morgan fingerprint density at radius 1 is 1.39 bits per heavy atom. The molecule has 2 heterocycles. The standard InChI is InChI=1S/C17H17ClN6O3S/c1-26-13-7-10(6-12(18)15(13)27-9-14(19)25)8-21-24-16(22-23-17(24)28)11-2-4-20-5-3-11/h2-7,21H,8-9H2,1H3,(H2,19,25)(H,23,28). The minimum atomic E-state index is -0.609. The Morgan fingerprint density at radius 3 is 2.82 bits per heavy atom. The van der Waals surface area contributed by atoms with Gasteiger partial charge in [-0.3, -0.25) is 9.78 Å². The number of carbonyl (C=O) groups excluding carboxylic acids is 1. The minimum absolute atomic E-state index is 0.254. The van der Waals surface area contributed by atoms with Crippen molar-refractivity contribution >= 4 is 29.7 Å². The Balaban J connectivity index is 1.82. The van der Waals surface area contributed by atoms with Gasteiger partial charge < -0.3 is 20.6 Å². The maximum atomic E-state index is 10.9. The molecule has 3 rings (SSSR count). The highest BCUT2D eigenvalue weighted by atomic mass is 35.5. The van der Waals surface area contributed by atoms with Crippen molar-refractivity contribution in [2.75, 3.05) is 19.1 Å². The monoisotopic (exact) mass is 420 g/mol. The third-order valence-electron chi connectivity index (χ3n) is 3.70. The summed E-state index contributed by atoms with van der Waals surface area (Å²) in [6.07, 6.45) is 3.35. The van der Waals surface area contributed by atoms with Gasteiger partial charge in [0.05, 0.1) is 18.7 Å². The Morgan fingerprint density at radius 2 is 2.14 bits per heavy atom. The van der Waals surface area contributed by atoms with Crippen molar-refractivity contribution < 1.29 is 14.3 Å². The van der Waals surface area contributed by atoms with Gasteiger partial charge in [0, 0.05) is 18.0 Å². The molecule has 0 saturated heterocycles. The number of nitrogens with one attached hydrogen (secondary N) is 2. The van der Waals surface area contributed by atoms with Gasteiger partial charge in [-0.2, -0.15) is 5.10 Å². The highest BCUT2D eigenvalue weighted by Gasteiger charge is 2.14. The molecule has 0 aliphatic carbocycles. The van der Waals surface area contributed by atoms with Crippen LogP contribution in [0.2, 0.25) is 5.02 Å². The highest BCUT2D eigenvalue weighted by Crippen LogP contribution is 2.36. The maximum Gasteiger partial charge on any atom is 0.255 e. The lowest BCUT2D eigenvalue weighted by Gasteiger charge is -2.15. The van der Waals surface area contributed by atoms with E-state index in [1.807, 2.05) is 12.1 Å². The molecular formula is C17H17ClN6O3S. The van der Waals surface area contributed by atoms with Gasteiger partial charge in [-0.1, -0.05) is 11.6 Å². The van der Waals surface area contributed by atoms with Crippen molar-refractivity contribution in [3.05, 3.63) is 52.0 Å². The predicted octanol–water partition coefficient (Wildman–Crippen LogP) is 2.27. The molecule has 0 spiro atoms. The zero-order chi connectivity index (χ0) is 20.1. The molecule has 0 fully saturated rings. The fourth-order valence-electron chi connectivity index (χ4n) is 2.47. The number of carbonyl (C=O) groups is 1. The zero-order valence-electron chi connectivity index (χ0n) is 14.8. The van der Waals surface area contributed by atoms with Gasteiger partial charge in [-0.15, -0.1) is 0 Å². The van der Waals surface area contributed by atoms with E-state index >= 15 is 0 Å². The summed E-state index contributed by atoms with van der Waals surface area (Å²) in [6.45, 7) is 0.0747. The smallest absolute Gasteiger partial charge is 0.255 e. The van der Waals surface area contributed by atoms with E-state index in [1.54, 1.807) is 29.2 Å². The Labute approximate surface area is 170 Å². The molecule has 28 heavy (non-hydrogen) atoms. The SMILES string of the molecule is COc1cc(CNn2c(-c3ccncc3)n[nH]c2=S)cc(Cl)c1OCC(N)=O. The number of hydrogen-bond donors (Lipinski definition) is 3. The Bertz CT molecular complexity index is 1040. The van der Waals surface area contributed by atoms with Gasteiger partial charge in [-0.25, -0.2) is 9.77 Å². The average Bonchev–Trinajstić information content (AvgIpc) is 3.06. The van der Waals surface area contributed by atoms with Crippen LogP contribution < -0.4 is 20.6 Å². The molecule has 2 aromatic heterocycles. The molecule has 3 aromatic rings. The number of hydrogen-bond acceptors (Lipinski definition) is 7. The molecule has 0 aliphatic heterocycles. The number of halogens is 1. The van der Waals surface area contributed by atoms with Crippen LogP contribution in [0.5, 0.6) is 11.5 Å². The minimum Gasteiger partial charge on any atom is -0.493 e. The molecule has 1 amide bonds. The summed E-state index contributed by atoms with van der Waals surface area (Å²) in [7, 11) is 1.48. The predicted molar refractivity (Wildman–Crippen MR) is 106 cm³/mol.